The second-order valence-electron chi connectivity index (χ2n) is 6.54. The summed E-state index contributed by atoms with van der Waals surface area (Å²) in [6, 6.07) is 5.68. The summed E-state index contributed by atoms with van der Waals surface area (Å²) >= 11 is 1.55. The van der Waals surface area contributed by atoms with E-state index < -0.39 is 0 Å². The minimum atomic E-state index is -0.328. The Kier molecular flexibility index (Phi) is 5.78. The molecule has 0 fully saturated rings. The molecule has 138 valence electrons. The zero-order valence-electron chi connectivity index (χ0n) is 15.5. The zero-order valence-corrected chi connectivity index (χ0v) is 16.3. The zero-order chi connectivity index (χ0) is 18.7. The molecule has 6 nitrogen and oxygen atoms in total. The van der Waals surface area contributed by atoms with Crippen LogP contribution in [0.2, 0.25) is 0 Å². The lowest BCUT2D eigenvalue weighted by Gasteiger charge is -2.13. The number of thioether (sulfide) groups is 1. The first-order chi connectivity index (χ1) is 12.5. The summed E-state index contributed by atoms with van der Waals surface area (Å²) < 4.78 is 12.5. The molecular formula is C19H23N3O3S. The minimum Gasteiger partial charge on any atom is -0.423 e. The fourth-order valence-corrected chi connectivity index (χ4v) is 3.91. The second-order valence-corrected chi connectivity index (χ2v) is 7.48. The molecule has 0 aliphatic heterocycles. The van der Waals surface area contributed by atoms with Gasteiger partial charge in [0.2, 0.25) is 0 Å². The maximum Gasteiger partial charge on any atom is 0.336 e. The molecule has 0 saturated carbocycles. The smallest absolute Gasteiger partial charge is 0.336 e. The van der Waals surface area contributed by atoms with E-state index in [4.69, 9.17) is 9.15 Å². The van der Waals surface area contributed by atoms with E-state index in [-0.39, 0.29) is 5.63 Å². The molecule has 0 unspecified atom stereocenters. The number of hydrogen-bond acceptors (Lipinski definition) is 6. The van der Waals surface area contributed by atoms with Crippen LogP contribution in [-0.4, -0.2) is 28.5 Å². The van der Waals surface area contributed by atoms with Crippen molar-refractivity contribution in [1.29, 1.82) is 0 Å². The maximum absolute atomic E-state index is 12.0. The van der Waals surface area contributed by atoms with Gasteiger partial charge in [-0.25, -0.2) is 4.79 Å². The third-order valence-electron chi connectivity index (χ3n) is 4.31. The standard InChI is InChI=1S/C19H23N3O3S/c1-12(2)15-9-16-14(8-18(23)25-17(16)7-13(15)3)10-26-19-21-20-11-22(19)5-6-24-4/h7-9,11-12H,5-6,10H2,1-4H3. The van der Waals surface area contributed by atoms with E-state index in [0.717, 1.165) is 21.7 Å². The normalized spacial score (nSPS) is 11.6. The van der Waals surface area contributed by atoms with Gasteiger partial charge in [-0.05, 0) is 41.7 Å². The maximum atomic E-state index is 12.0. The number of fused-ring (bicyclic) bond motifs is 1. The van der Waals surface area contributed by atoms with Gasteiger partial charge in [0.15, 0.2) is 5.16 Å². The fourth-order valence-electron chi connectivity index (χ4n) is 2.97. The van der Waals surface area contributed by atoms with Gasteiger partial charge in [-0.15, -0.1) is 10.2 Å². The topological polar surface area (TPSA) is 70.2 Å². The van der Waals surface area contributed by atoms with Crippen LogP contribution in [0.15, 0.2) is 38.9 Å². The monoisotopic (exact) mass is 373 g/mol. The molecule has 26 heavy (non-hydrogen) atoms. The number of aryl methyl sites for hydroxylation is 1. The summed E-state index contributed by atoms with van der Waals surface area (Å²) in [6.07, 6.45) is 1.69. The summed E-state index contributed by atoms with van der Waals surface area (Å²) in [4.78, 5) is 12.0. The van der Waals surface area contributed by atoms with Crippen LogP contribution in [0, 0.1) is 6.92 Å². The Balaban J connectivity index is 1.93. The van der Waals surface area contributed by atoms with Gasteiger partial charge in [-0.2, -0.15) is 0 Å². The first-order valence-electron chi connectivity index (χ1n) is 8.56. The Morgan fingerprint density at radius 3 is 2.85 bits per heavy atom. The van der Waals surface area contributed by atoms with Crippen molar-refractivity contribution in [1.82, 2.24) is 14.8 Å². The highest BCUT2D eigenvalue weighted by molar-refractivity contribution is 7.98. The third kappa shape index (κ3) is 3.99. The lowest BCUT2D eigenvalue weighted by atomic mass is 9.95. The Labute approximate surface area is 156 Å². The van der Waals surface area contributed by atoms with Gasteiger partial charge >= 0.3 is 5.63 Å². The fraction of sp³-hybridized carbons (Fsp3) is 0.421. The number of ether oxygens (including phenoxy) is 1. The third-order valence-corrected chi connectivity index (χ3v) is 5.34. The van der Waals surface area contributed by atoms with Crippen LogP contribution in [0.4, 0.5) is 0 Å². The molecule has 7 heteroatoms. The van der Waals surface area contributed by atoms with E-state index >= 15 is 0 Å². The summed E-state index contributed by atoms with van der Waals surface area (Å²) in [6.45, 7) is 7.68. The molecule has 3 aromatic rings. The van der Waals surface area contributed by atoms with Crippen molar-refractivity contribution in [3.8, 4) is 0 Å². The van der Waals surface area contributed by atoms with Crippen molar-refractivity contribution >= 4 is 22.7 Å². The largest absolute Gasteiger partial charge is 0.423 e. The first kappa shape index (κ1) is 18.7. The van der Waals surface area contributed by atoms with Crippen LogP contribution in [-0.2, 0) is 17.0 Å². The van der Waals surface area contributed by atoms with E-state index in [1.54, 1.807) is 31.3 Å². The van der Waals surface area contributed by atoms with Crippen LogP contribution in [0.3, 0.4) is 0 Å². The van der Waals surface area contributed by atoms with Gasteiger partial charge in [-0.1, -0.05) is 25.6 Å². The molecule has 0 amide bonds. The van der Waals surface area contributed by atoms with E-state index in [9.17, 15) is 4.79 Å². The van der Waals surface area contributed by atoms with Crippen LogP contribution in [0.25, 0.3) is 11.0 Å². The summed E-state index contributed by atoms with van der Waals surface area (Å²) in [7, 11) is 1.67. The SMILES string of the molecule is COCCn1cnnc1SCc1cc(=O)oc2cc(C)c(C(C)C)cc12. The highest BCUT2D eigenvalue weighted by Crippen LogP contribution is 2.29. The predicted octanol–water partition coefficient (Wildman–Crippen LogP) is 3.76. The van der Waals surface area contributed by atoms with Gasteiger partial charge in [0.25, 0.3) is 0 Å². The van der Waals surface area contributed by atoms with Crippen molar-refractivity contribution in [3.63, 3.8) is 0 Å². The van der Waals surface area contributed by atoms with Crippen molar-refractivity contribution in [2.75, 3.05) is 13.7 Å². The molecule has 0 aliphatic carbocycles. The Morgan fingerprint density at radius 2 is 2.12 bits per heavy atom. The molecule has 0 saturated heterocycles. The Bertz CT molecular complexity index is 962. The molecule has 0 N–H and O–H groups in total. The van der Waals surface area contributed by atoms with E-state index in [1.165, 1.54) is 5.56 Å². The highest BCUT2D eigenvalue weighted by Gasteiger charge is 2.13. The van der Waals surface area contributed by atoms with Crippen molar-refractivity contribution in [2.24, 2.45) is 0 Å². The molecule has 2 heterocycles. The van der Waals surface area contributed by atoms with E-state index in [2.05, 4.69) is 37.0 Å². The summed E-state index contributed by atoms with van der Waals surface area (Å²) in [5.41, 5.74) is 3.66. The number of benzene rings is 1. The quantitative estimate of drug-likeness (QED) is 0.464. The summed E-state index contributed by atoms with van der Waals surface area (Å²) in [5, 5.41) is 9.92. The second kappa shape index (κ2) is 8.05. The van der Waals surface area contributed by atoms with E-state index in [0.29, 0.717) is 30.4 Å². The molecule has 0 atom stereocenters. The van der Waals surface area contributed by atoms with Gasteiger partial charge in [0, 0.05) is 30.9 Å². The van der Waals surface area contributed by atoms with Gasteiger partial charge in [0.1, 0.15) is 11.9 Å². The minimum absolute atomic E-state index is 0.328. The number of methoxy groups -OCH3 is 1. The van der Waals surface area contributed by atoms with Gasteiger partial charge in [-0.3, -0.25) is 0 Å². The number of rotatable bonds is 7. The Morgan fingerprint density at radius 1 is 1.31 bits per heavy atom. The van der Waals surface area contributed by atoms with E-state index in [1.807, 2.05) is 10.6 Å². The molecule has 0 bridgehead atoms. The van der Waals surface area contributed by atoms with Gasteiger partial charge in [0.05, 0.1) is 6.61 Å². The van der Waals surface area contributed by atoms with Crippen molar-refractivity contribution in [3.05, 3.63) is 51.6 Å². The molecule has 0 radical (unpaired) electrons. The number of nitrogens with zero attached hydrogens (tertiary/aromatic N) is 3. The number of hydrogen-bond donors (Lipinski definition) is 0. The molecule has 1 aromatic carbocycles. The van der Waals surface area contributed by atoms with Crippen molar-refractivity contribution in [2.45, 2.75) is 44.1 Å². The molecule has 3 rings (SSSR count). The molecular weight excluding hydrogens is 350 g/mol. The average molecular weight is 373 g/mol. The predicted molar refractivity (Wildman–Crippen MR) is 103 cm³/mol. The van der Waals surface area contributed by atoms with Crippen LogP contribution >= 0.6 is 11.8 Å². The first-order valence-corrected chi connectivity index (χ1v) is 9.55. The van der Waals surface area contributed by atoms with Crippen LogP contribution < -0.4 is 5.63 Å². The van der Waals surface area contributed by atoms with Crippen LogP contribution in [0.5, 0.6) is 0 Å². The lowest BCUT2D eigenvalue weighted by Crippen LogP contribution is -2.05. The van der Waals surface area contributed by atoms with Gasteiger partial charge < -0.3 is 13.7 Å². The summed E-state index contributed by atoms with van der Waals surface area (Å²) in [5.74, 6) is 1.03. The number of aromatic nitrogens is 3. The van der Waals surface area contributed by atoms with Crippen molar-refractivity contribution < 1.29 is 9.15 Å². The average Bonchev–Trinajstić information content (AvgIpc) is 3.04. The molecule has 0 aliphatic rings. The highest BCUT2D eigenvalue weighted by atomic mass is 32.2. The van der Waals surface area contributed by atoms with Crippen LogP contribution in [0.1, 0.15) is 36.5 Å². The Hall–Kier alpha value is -2.12. The molecule has 2 aromatic heterocycles. The lowest BCUT2D eigenvalue weighted by molar-refractivity contribution is 0.184. The molecule has 0 spiro atoms.